The molecule has 6 nitrogen and oxygen atoms in total. The smallest absolute Gasteiger partial charge is 0.358 e. The van der Waals surface area contributed by atoms with Crippen LogP contribution in [0.2, 0.25) is 5.15 Å². The van der Waals surface area contributed by atoms with E-state index in [1.54, 1.807) is 0 Å². The van der Waals surface area contributed by atoms with Crippen LogP contribution >= 0.6 is 22.3 Å². The summed E-state index contributed by atoms with van der Waals surface area (Å²) in [6.07, 6.45) is -3.28. The first-order valence-electron chi connectivity index (χ1n) is 3.72. The van der Waals surface area contributed by atoms with E-state index in [4.69, 9.17) is 22.3 Å². The standard InChI is InChI=1S/C6H2Cl2F2N2O4S/c7-4-3(17(8,15)16)1-2(5(9)10)6(11-4)12(13)14/h1,5H. The Morgan fingerprint density at radius 2 is 2.00 bits per heavy atom. The Morgan fingerprint density at radius 1 is 1.47 bits per heavy atom. The Bertz CT molecular complexity index is 578. The second-order valence-corrected chi connectivity index (χ2v) is 5.58. The van der Waals surface area contributed by atoms with Crippen molar-refractivity contribution in [3.63, 3.8) is 0 Å². The van der Waals surface area contributed by atoms with Gasteiger partial charge in [0.15, 0.2) is 0 Å². The third kappa shape index (κ3) is 2.99. The van der Waals surface area contributed by atoms with Crippen molar-refractivity contribution in [2.75, 3.05) is 0 Å². The summed E-state index contributed by atoms with van der Waals surface area (Å²) in [5.41, 5.74) is -1.17. The molecule has 0 spiro atoms. The molecule has 94 valence electrons. The lowest BCUT2D eigenvalue weighted by atomic mass is 10.2. The number of pyridine rings is 1. The van der Waals surface area contributed by atoms with E-state index in [0.29, 0.717) is 6.07 Å². The monoisotopic (exact) mass is 306 g/mol. The summed E-state index contributed by atoms with van der Waals surface area (Å²) in [7, 11) is 0.495. The lowest BCUT2D eigenvalue weighted by Crippen LogP contribution is -2.03. The lowest BCUT2D eigenvalue weighted by molar-refractivity contribution is -0.391. The van der Waals surface area contributed by atoms with Gasteiger partial charge in [0.1, 0.15) is 10.5 Å². The van der Waals surface area contributed by atoms with Gasteiger partial charge in [-0.1, -0.05) is 0 Å². The zero-order chi connectivity index (χ0) is 13.4. The van der Waals surface area contributed by atoms with Gasteiger partial charge in [-0.2, -0.15) is 0 Å². The summed E-state index contributed by atoms with van der Waals surface area (Å²) < 4.78 is 46.8. The highest BCUT2D eigenvalue weighted by atomic mass is 35.7. The molecule has 0 aromatic carbocycles. The predicted molar refractivity (Wildman–Crippen MR) is 53.9 cm³/mol. The molecule has 0 saturated heterocycles. The van der Waals surface area contributed by atoms with Crippen LogP contribution in [0.15, 0.2) is 11.0 Å². The van der Waals surface area contributed by atoms with Gasteiger partial charge in [0.25, 0.3) is 20.6 Å². The highest BCUT2D eigenvalue weighted by Gasteiger charge is 2.30. The van der Waals surface area contributed by atoms with Crippen molar-refractivity contribution in [2.24, 2.45) is 0 Å². The van der Waals surface area contributed by atoms with Gasteiger partial charge >= 0.3 is 5.82 Å². The second kappa shape index (κ2) is 4.67. The number of alkyl halides is 2. The molecule has 0 N–H and O–H groups in total. The van der Waals surface area contributed by atoms with Crippen molar-refractivity contribution in [1.82, 2.24) is 4.98 Å². The average molecular weight is 307 g/mol. The maximum absolute atomic E-state index is 12.5. The van der Waals surface area contributed by atoms with E-state index >= 15 is 0 Å². The van der Waals surface area contributed by atoms with E-state index in [-0.39, 0.29) is 0 Å². The van der Waals surface area contributed by atoms with E-state index in [2.05, 4.69) is 4.98 Å². The number of halogens is 4. The molecule has 1 heterocycles. The molecule has 0 aliphatic carbocycles. The molecule has 0 aliphatic rings. The van der Waals surface area contributed by atoms with Crippen LogP contribution < -0.4 is 0 Å². The summed E-state index contributed by atoms with van der Waals surface area (Å²) in [5.74, 6) is -1.21. The minimum absolute atomic E-state index is 0.334. The van der Waals surface area contributed by atoms with E-state index in [0.717, 1.165) is 0 Å². The Balaban J connectivity index is 3.63. The third-order valence-electron chi connectivity index (χ3n) is 1.62. The summed E-state index contributed by atoms with van der Waals surface area (Å²) in [5, 5.41) is 9.57. The quantitative estimate of drug-likeness (QED) is 0.370. The fourth-order valence-electron chi connectivity index (χ4n) is 0.956. The van der Waals surface area contributed by atoms with E-state index < -0.39 is 41.8 Å². The van der Waals surface area contributed by atoms with Gasteiger partial charge < -0.3 is 10.1 Å². The van der Waals surface area contributed by atoms with Gasteiger partial charge in [-0.05, 0) is 27.6 Å². The van der Waals surface area contributed by atoms with Crippen LogP contribution in [0.1, 0.15) is 12.0 Å². The maximum Gasteiger partial charge on any atom is 0.374 e. The number of hydrogen-bond donors (Lipinski definition) is 0. The molecule has 0 unspecified atom stereocenters. The molecule has 0 fully saturated rings. The summed E-state index contributed by atoms with van der Waals surface area (Å²) >= 11 is 5.31. The van der Waals surface area contributed by atoms with E-state index in [1.165, 1.54) is 0 Å². The van der Waals surface area contributed by atoms with E-state index in [9.17, 15) is 27.3 Å². The molecular formula is C6H2Cl2F2N2O4S. The molecule has 0 aliphatic heterocycles. The average Bonchev–Trinajstić information content (AvgIpc) is 2.14. The molecule has 0 saturated carbocycles. The number of rotatable bonds is 3. The summed E-state index contributed by atoms with van der Waals surface area (Å²) in [6, 6.07) is 0.334. The van der Waals surface area contributed by atoms with E-state index in [1.807, 2.05) is 0 Å². The van der Waals surface area contributed by atoms with Crippen LogP contribution in [-0.2, 0) is 9.05 Å². The Labute approximate surface area is 103 Å². The highest BCUT2D eigenvalue weighted by molar-refractivity contribution is 8.13. The first-order chi connectivity index (χ1) is 7.64. The number of nitro groups is 1. The van der Waals surface area contributed by atoms with Crippen LogP contribution in [0, 0.1) is 10.1 Å². The Hall–Kier alpha value is -1.06. The van der Waals surface area contributed by atoms with Gasteiger partial charge in [0.2, 0.25) is 0 Å². The molecule has 0 bridgehead atoms. The Morgan fingerprint density at radius 3 is 2.35 bits per heavy atom. The molecule has 0 radical (unpaired) electrons. The van der Waals surface area contributed by atoms with Gasteiger partial charge in [-0.3, -0.25) is 0 Å². The molecule has 0 atom stereocenters. The molecule has 0 amide bonds. The van der Waals surface area contributed by atoms with Gasteiger partial charge in [0.05, 0.1) is 0 Å². The van der Waals surface area contributed by atoms with Crippen molar-refractivity contribution in [2.45, 2.75) is 11.3 Å². The van der Waals surface area contributed by atoms with Gasteiger partial charge in [-0.25, -0.2) is 17.2 Å². The van der Waals surface area contributed by atoms with Crippen LogP contribution in [0.5, 0.6) is 0 Å². The van der Waals surface area contributed by atoms with Crippen molar-refractivity contribution >= 4 is 37.2 Å². The molecule has 1 aromatic heterocycles. The fourth-order valence-corrected chi connectivity index (χ4v) is 2.38. The zero-order valence-electron chi connectivity index (χ0n) is 7.60. The summed E-state index contributed by atoms with van der Waals surface area (Å²) in [6.45, 7) is 0. The maximum atomic E-state index is 12.5. The Kier molecular flexibility index (Phi) is 3.84. The molecule has 11 heteroatoms. The SMILES string of the molecule is O=[N+]([O-])c1nc(Cl)c(S(=O)(=O)Cl)cc1C(F)F. The molecule has 1 rings (SSSR count). The lowest BCUT2D eigenvalue weighted by Gasteiger charge is -2.03. The molecular weight excluding hydrogens is 305 g/mol. The number of aromatic nitrogens is 1. The topological polar surface area (TPSA) is 90.2 Å². The van der Waals surface area contributed by atoms with Crippen LogP contribution in [-0.4, -0.2) is 18.3 Å². The zero-order valence-corrected chi connectivity index (χ0v) is 9.93. The molecule has 1 aromatic rings. The minimum atomic E-state index is -4.41. The highest BCUT2D eigenvalue weighted by Crippen LogP contribution is 2.33. The third-order valence-corrected chi connectivity index (χ3v) is 3.36. The fraction of sp³-hybridized carbons (Fsp3) is 0.167. The predicted octanol–water partition coefficient (Wildman–Crippen LogP) is 2.51. The largest absolute Gasteiger partial charge is 0.374 e. The normalized spacial score (nSPS) is 11.8. The number of hydrogen-bond acceptors (Lipinski definition) is 5. The van der Waals surface area contributed by atoms with Crippen molar-refractivity contribution in [3.8, 4) is 0 Å². The molecule has 17 heavy (non-hydrogen) atoms. The first kappa shape index (κ1) is 14.0. The summed E-state index contributed by atoms with van der Waals surface area (Å²) in [4.78, 5) is 11.3. The van der Waals surface area contributed by atoms with Crippen LogP contribution in [0.25, 0.3) is 0 Å². The van der Waals surface area contributed by atoms with Crippen LogP contribution in [0.3, 0.4) is 0 Å². The van der Waals surface area contributed by atoms with Gasteiger partial charge in [0, 0.05) is 10.7 Å². The first-order valence-corrected chi connectivity index (χ1v) is 6.41. The van der Waals surface area contributed by atoms with Crippen LogP contribution in [0.4, 0.5) is 14.6 Å². The van der Waals surface area contributed by atoms with Crippen molar-refractivity contribution in [1.29, 1.82) is 0 Å². The minimum Gasteiger partial charge on any atom is -0.358 e. The second-order valence-electron chi connectivity index (χ2n) is 2.69. The van der Waals surface area contributed by atoms with Gasteiger partial charge in [-0.15, -0.1) is 0 Å². The van der Waals surface area contributed by atoms with Crippen molar-refractivity contribution in [3.05, 3.63) is 26.9 Å². The van der Waals surface area contributed by atoms with Crippen molar-refractivity contribution < 1.29 is 22.1 Å². The number of nitrogens with zero attached hydrogens (tertiary/aromatic N) is 2.